The van der Waals surface area contributed by atoms with Crippen molar-refractivity contribution in [3.05, 3.63) is 53.8 Å². The van der Waals surface area contributed by atoms with E-state index >= 15 is 0 Å². The van der Waals surface area contributed by atoms with E-state index in [1.807, 2.05) is 0 Å². The van der Waals surface area contributed by atoms with Gasteiger partial charge in [-0.2, -0.15) is 0 Å². The van der Waals surface area contributed by atoms with Crippen molar-refractivity contribution in [2.45, 2.75) is 19.4 Å². The first kappa shape index (κ1) is 19.4. The Hall–Kier alpha value is -2.89. The first-order chi connectivity index (χ1) is 12.4. The average Bonchev–Trinajstić information content (AvgIpc) is 2.66. The van der Waals surface area contributed by atoms with E-state index < -0.39 is 5.82 Å². The number of rotatable bonds is 6. The molecule has 5 nitrogen and oxygen atoms in total. The van der Waals surface area contributed by atoms with Crippen molar-refractivity contribution < 1.29 is 18.7 Å². The maximum Gasteiger partial charge on any atom is 0.253 e. The Bertz CT molecular complexity index is 807. The minimum atomic E-state index is -0.421. The van der Waals surface area contributed by atoms with E-state index in [2.05, 4.69) is 5.32 Å². The number of carbonyl (C=O) groups excluding carboxylic acids is 2. The molecule has 0 saturated carbocycles. The van der Waals surface area contributed by atoms with Crippen molar-refractivity contribution in [2.24, 2.45) is 0 Å². The number of hydrogen-bond acceptors (Lipinski definition) is 3. The molecule has 0 aliphatic heterocycles. The first-order valence-corrected chi connectivity index (χ1v) is 8.29. The topological polar surface area (TPSA) is 58.6 Å². The number of methoxy groups -OCH3 is 1. The minimum Gasteiger partial charge on any atom is -0.497 e. The van der Waals surface area contributed by atoms with Gasteiger partial charge in [0.1, 0.15) is 11.6 Å². The monoisotopic (exact) mass is 358 g/mol. The zero-order valence-corrected chi connectivity index (χ0v) is 15.4. The van der Waals surface area contributed by atoms with Gasteiger partial charge in [-0.25, -0.2) is 4.39 Å². The van der Waals surface area contributed by atoms with Crippen molar-refractivity contribution >= 4 is 11.8 Å². The molecule has 138 valence electrons. The number of nitrogens with one attached hydrogen (secondary N) is 1. The van der Waals surface area contributed by atoms with E-state index in [1.165, 1.54) is 18.1 Å². The van der Waals surface area contributed by atoms with Crippen LogP contribution in [0, 0.1) is 5.82 Å². The lowest BCUT2D eigenvalue weighted by molar-refractivity contribution is -0.121. The van der Waals surface area contributed by atoms with Crippen LogP contribution in [0.4, 0.5) is 4.39 Å². The molecule has 2 rings (SSSR count). The number of ether oxygens (including phenoxy) is 1. The van der Waals surface area contributed by atoms with Gasteiger partial charge in [0.15, 0.2) is 0 Å². The molecule has 2 amide bonds. The lowest BCUT2D eigenvalue weighted by Crippen LogP contribution is -2.38. The third kappa shape index (κ3) is 4.39. The summed E-state index contributed by atoms with van der Waals surface area (Å²) in [5, 5.41) is 2.55. The van der Waals surface area contributed by atoms with Crippen LogP contribution in [0.5, 0.6) is 5.75 Å². The van der Waals surface area contributed by atoms with Gasteiger partial charge in [-0.1, -0.05) is 12.1 Å². The molecule has 26 heavy (non-hydrogen) atoms. The fourth-order valence-corrected chi connectivity index (χ4v) is 2.59. The molecule has 0 heterocycles. The van der Waals surface area contributed by atoms with E-state index in [9.17, 15) is 14.0 Å². The summed E-state index contributed by atoms with van der Waals surface area (Å²) in [6.45, 7) is 1.81. The van der Waals surface area contributed by atoms with E-state index in [0.717, 1.165) is 0 Å². The molecular formula is C20H23FN2O3. The summed E-state index contributed by atoms with van der Waals surface area (Å²) in [6.07, 6.45) is 0.214. The van der Waals surface area contributed by atoms with E-state index in [4.69, 9.17) is 4.74 Å². The molecular weight excluding hydrogens is 335 g/mol. The minimum absolute atomic E-state index is 0.133. The van der Waals surface area contributed by atoms with E-state index in [-0.39, 0.29) is 24.3 Å². The number of halogens is 1. The zero-order valence-electron chi connectivity index (χ0n) is 15.4. The molecule has 0 radical (unpaired) electrons. The largest absolute Gasteiger partial charge is 0.497 e. The summed E-state index contributed by atoms with van der Waals surface area (Å²) >= 11 is 0. The maximum absolute atomic E-state index is 14.3. The van der Waals surface area contributed by atoms with Gasteiger partial charge in [0.05, 0.1) is 7.11 Å². The van der Waals surface area contributed by atoms with E-state index in [1.54, 1.807) is 57.4 Å². The van der Waals surface area contributed by atoms with Crippen LogP contribution in [-0.2, 0) is 4.79 Å². The fraction of sp³-hybridized carbons (Fsp3) is 0.300. The molecule has 0 bridgehead atoms. The molecule has 1 atom stereocenters. The number of nitrogens with zero attached hydrogens (tertiary/aromatic N) is 1. The molecule has 0 unspecified atom stereocenters. The molecule has 1 N–H and O–H groups in total. The Balaban J connectivity index is 2.25. The molecule has 2 aromatic rings. The van der Waals surface area contributed by atoms with Crippen LogP contribution in [0.1, 0.15) is 23.7 Å². The van der Waals surface area contributed by atoms with Crippen LogP contribution in [0.3, 0.4) is 0 Å². The molecule has 0 aliphatic carbocycles. The second-order valence-electron chi connectivity index (χ2n) is 6.07. The van der Waals surface area contributed by atoms with Gasteiger partial charge < -0.3 is 15.0 Å². The third-order valence-corrected chi connectivity index (χ3v) is 4.34. The highest BCUT2D eigenvalue weighted by molar-refractivity contribution is 5.95. The highest BCUT2D eigenvalue weighted by Gasteiger charge is 2.20. The normalized spacial score (nSPS) is 11.6. The van der Waals surface area contributed by atoms with Crippen molar-refractivity contribution in [1.82, 2.24) is 10.2 Å². The van der Waals surface area contributed by atoms with Crippen LogP contribution in [0.25, 0.3) is 11.1 Å². The second kappa shape index (κ2) is 8.47. The molecule has 0 spiro atoms. The summed E-state index contributed by atoms with van der Waals surface area (Å²) in [7, 11) is 4.68. The first-order valence-electron chi connectivity index (χ1n) is 8.29. The number of hydrogen-bond donors (Lipinski definition) is 1. The Labute approximate surface area is 152 Å². The zero-order chi connectivity index (χ0) is 19.3. The van der Waals surface area contributed by atoms with Crippen LogP contribution >= 0.6 is 0 Å². The summed E-state index contributed by atoms with van der Waals surface area (Å²) < 4.78 is 19.3. The Kier molecular flexibility index (Phi) is 6.33. The van der Waals surface area contributed by atoms with Crippen molar-refractivity contribution in [3.8, 4) is 16.9 Å². The van der Waals surface area contributed by atoms with Gasteiger partial charge in [0.25, 0.3) is 5.91 Å². The standard InChI is InChI=1S/C20H23FN2O3/c1-13(10-19(24)22-2)23(3)20(25)15-7-5-6-14(11-15)17-9-8-16(26-4)12-18(17)21/h5-9,11-13H,10H2,1-4H3,(H,22,24)/t13-/m1/s1. The van der Waals surface area contributed by atoms with Crippen LogP contribution in [0.2, 0.25) is 0 Å². The number of amides is 2. The third-order valence-electron chi connectivity index (χ3n) is 4.34. The van der Waals surface area contributed by atoms with Crippen molar-refractivity contribution in [2.75, 3.05) is 21.2 Å². The SMILES string of the molecule is CNC(=O)C[C@@H](C)N(C)C(=O)c1cccc(-c2ccc(OC)cc2F)c1. The molecule has 0 fully saturated rings. The lowest BCUT2D eigenvalue weighted by Gasteiger charge is -2.24. The highest BCUT2D eigenvalue weighted by atomic mass is 19.1. The number of carbonyl (C=O) groups is 2. The summed E-state index contributed by atoms with van der Waals surface area (Å²) in [6, 6.07) is 11.1. The van der Waals surface area contributed by atoms with Gasteiger partial charge in [-0.05, 0) is 36.8 Å². The van der Waals surface area contributed by atoms with Gasteiger partial charge in [-0.15, -0.1) is 0 Å². The van der Waals surface area contributed by atoms with Gasteiger partial charge in [-0.3, -0.25) is 9.59 Å². The predicted octanol–water partition coefficient (Wildman–Crippen LogP) is 3.10. The number of benzene rings is 2. The van der Waals surface area contributed by atoms with Crippen LogP contribution in [0.15, 0.2) is 42.5 Å². The Morgan fingerprint density at radius 3 is 2.58 bits per heavy atom. The van der Waals surface area contributed by atoms with Crippen LogP contribution in [-0.4, -0.2) is 44.0 Å². The summed E-state index contributed by atoms with van der Waals surface area (Å²) in [5.41, 5.74) is 1.42. The molecule has 0 aromatic heterocycles. The predicted molar refractivity (Wildman–Crippen MR) is 98.6 cm³/mol. The van der Waals surface area contributed by atoms with Gasteiger partial charge >= 0.3 is 0 Å². The quantitative estimate of drug-likeness (QED) is 0.863. The molecule has 0 aliphatic rings. The Morgan fingerprint density at radius 1 is 1.23 bits per heavy atom. The fourth-order valence-electron chi connectivity index (χ4n) is 2.59. The Morgan fingerprint density at radius 2 is 1.96 bits per heavy atom. The van der Waals surface area contributed by atoms with Gasteiger partial charge in [0.2, 0.25) is 5.91 Å². The lowest BCUT2D eigenvalue weighted by atomic mass is 10.0. The van der Waals surface area contributed by atoms with Crippen molar-refractivity contribution in [3.63, 3.8) is 0 Å². The summed E-state index contributed by atoms with van der Waals surface area (Å²) in [4.78, 5) is 25.7. The average molecular weight is 358 g/mol. The smallest absolute Gasteiger partial charge is 0.253 e. The highest BCUT2D eigenvalue weighted by Crippen LogP contribution is 2.27. The van der Waals surface area contributed by atoms with Crippen molar-refractivity contribution in [1.29, 1.82) is 0 Å². The summed E-state index contributed by atoms with van der Waals surface area (Å²) in [5.74, 6) is -0.347. The maximum atomic E-state index is 14.3. The second-order valence-corrected chi connectivity index (χ2v) is 6.07. The van der Waals surface area contributed by atoms with E-state index in [0.29, 0.717) is 22.4 Å². The van der Waals surface area contributed by atoms with Gasteiger partial charge in [0, 0.05) is 43.8 Å². The molecule has 2 aromatic carbocycles. The molecule has 6 heteroatoms. The van der Waals surface area contributed by atoms with Crippen LogP contribution < -0.4 is 10.1 Å². The molecule has 0 saturated heterocycles.